The van der Waals surface area contributed by atoms with Gasteiger partial charge in [-0.05, 0) is 75.5 Å². The number of hydrogen-bond donors (Lipinski definition) is 2. The lowest BCUT2D eigenvalue weighted by atomic mass is 10.2. The number of nitrogens with one attached hydrogen (secondary N) is 2. The normalized spacial score (nSPS) is 16.3. The molecular weight excluding hydrogens is 552 g/mol. The highest BCUT2D eigenvalue weighted by Gasteiger charge is 2.28. The standard InChI is InChI=1S/C30H36N8O3S/c39-29(24-12-8-13-25(20-24)42(40,41)38-18-6-7-19-38)35-30-33-27(31-14-9-17-36-15-4-5-16-36)26-28(34-30)37(22-32-26)21-23-10-2-1-3-11-23/h1-3,8,10-13,20,22H,4-7,9,14-19,21H2,(H2,31,33,34,35,39). The molecule has 0 aliphatic carbocycles. The van der Waals surface area contributed by atoms with Crippen molar-refractivity contribution in [2.24, 2.45) is 0 Å². The van der Waals surface area contributed by atoms with Crippen LogP contribution < -0.4 is 10.6 Å². The summed E-state index contributed by atoms with van der Waals surface area (Å²) >= 11 is 0. The zero-order chi connectivity index (χ0) is 28.9. The number of anilines is 2. The summed E-state index contributed by atoms with van der Waals surface area (Å²) in [7, 11) is -3.65. The van der Waals surface area contributed by atoms with Gasteiger partial charge in [-0.3, -0.25) is 10.1 Å². The monoisotopic (exact) mass is 588 g/mol. The molecule has 11 nitrogen and oxygen atoms in total. The molecule has 1 amide bonds. The summed E-state index contributed by atoms with van der Waals surface area (Å²) in [5.41, 5.74) is 2.54. The highest BCUT2D eigenvalue weighted by molar-refractivity contribution is 7.89. The van der Waals surface area contributed by atoms with E-state index in [0.29, 0.717) is 43.2 Å². The number of rotatable bonds is 11. The van der Waals surface area contributed by atoms with Gasteiger partial charge in [0.15, 0.2) is 17.0 Å². The first-order valence-corrected chi connectivity index (χ1v) is 16.1. The maximum Gasteiger partial charge on any atom is 0.258 e. The molecule has 4 heterocycles. The van der Waals surface area contributed by atoms with Gasteiger partial charge in [0.05, 0.1) is 17.8 Å². The Morgan fingerprint density at radius 1 is 0.905 bits per heavy atom. The number of aromatic nitrogens is 4. The predicted molar refractivity (Wildman–Crippen MR) is 162 cm³/mol. The number of fused-ring (bicyclic) bond motifs is 1. The van der Waals surface area contributed by atoms with E-state index >= 15 is 0 Å². The molecule has 0 bridgehead atoms. The zero-order valence-electron chi connectivity index (χ0n) is 23.6. The fourth-order valence-corrected chi connectivity index (χ4v) is 7.15. The molecule has 0 atom stereocenters. The molecule has 2 aliphatic rings. The van der Waals surface area contributed by atoms with Gasteiger partial charge in [0.1, 0.15) is 0 Å². The number of imidazole rings is 1. The Morgan fingerprint density at radius 2 is 1.67 bits per heavy atom. The second-order valence-corrected chi connectivity index (χ2v) is 12.8. The molecule has 4 aromatic rings. The van der Waals surface area contributed by atoms with Crippen molar-refractivity contribution < 1.29 is 13.2 Å². The van der Waals surface area contributed by atoms with Gasteiger partial charge < -0.3 is 14.8 Å². The van der Waals surface area contributed by atoms with Crippen LogP contribution in [0.25, 0.3) is 11.2 Å². The Labute approximate surface area is 246 Å². The average Bonchev–Trinajstić information content (AvgIpc) is 3.80. The van der Waals surface area contributed by atoms with Crippen LogP contribution in [0.1, 0.15) is 48.0 Å². The van der Waals surface area contributed by atoms with Crippen LogP contribution in [0.5, 0.6) is 0 Å². The quantitative estimate of drug-likeness (QED) is 0.254. The average molecular weight is 589 g/mol. The Morgan fingerprint density at radius 3 is 2.45 bits per heavy atom. The molecule has 12 heteroatoms. The van der Waals surface area contributed by atoms with Crippen molar-refractivity contribution in [3.63, 3.8) is 0 Å². The number of sulfonamides is 1. The first kappa shape index (κ1) is 28.3. The van der Waals surface area contributed by atoms with E-state index in [2.05, 4.69) is 30.5 Å². The number of likely N-dealkylation sites (tertiary alicyclic amines) is 1. The summed E-state index contributed by atoms with van der Waals surface area (Å²) in [5, 5.41) is 6.21. The molecule has 0 saturated carbocycles. The van der Waals surface area contributed by atoms with Gasteiger partial charge in [0.25, 0.3) is 5.91 Å². The topological polar surface area (TPSA) is 125 Å². The summed E-state index contributed by atoms with van der Waals surface area (Å²) in [6.45, 7) is 5.58. The minimum atomic E-state index is -3.65. The highest BCUT2D eigenvalue weighted by Crippen LogP contribution is 2.24. The van der Waals surface area contributed by atoms with Crippen LogP contribution in [0, 0.1) is 0 Å². The molecule has 42 heavy (non-hydrogen) atoms. The van der Waals surface area contributed by atoms with Crippen LogP contribution in [0.3, 0.4) is 0 Å². The molecule has 2 aliphatic heterocycles. The Balaban J connectivity index is 1.25. The minimum absolute atomic E-state index is 0.106. The number of amides is 1. The van der Waals surface area contributed by atoms with Gasteiger partial charge in [-0.2, -0.15) is 14.3 Å². The van der Waals surface area contributed by atoms with Crippen molar-refractivity contribution in [2.45, 2.75) is 43.5 Å². The van der Waals surface area contributed by atoms with Gasteiger partial charge in [0.2, 0.25) is 16.0 Å². The van der Waals surface area contributed by atoms with Crippen molar-refractivity contribution >= 4 is 38.9 Å². The summed E-state index contributed by atoms with van der Waals surface area (Å²) in [5.74, 6) is 0.188. The lowest BCUT2D eigenvalue weighted by Gasteiger charge is -2.16. The summed E-state index contributed by atoms with van der Waals surface area (Å²) in [6.07, 6.45) is 6.89. The molecule has 220 valence electrons. The third-order valence-electron chi connectivity index (χ3n) is 7.83. The summed E-state index contributed by atoms with van der Waals surface area (Å²) in [6, 6.07) is 16.1. The molecule has 6 rings (SSSR count). The number of carbonyl (C=O) groups excluding carboxylic acids is 1. The molecular formula is C30H36N8O3S. The molecule has 0 spiro atoms. The SMILES string of the molecule is O=C(Nc1nc(NCCCN2CCCC2)c2ncn(Cc3ccccc3)c2n1)c1cccc(S(=O)(=O)N2CCCC2)c1. The smallest absolute Gasteiger partial charge is 0.258 e. The zero-order valence-corrected chi connectivity index (χ0v) is 24.4. The van der Waals surface area contributed by atoms with Crippen LogP contribution in [0.2, 0.25) is 0 Å². The summed E-state index contributed by atoms with van der Waals surface area (Å²) < 4.78 is 29.5. The molecule has 2 saturated heterocycles. The highest BCUT2D eigenvalue weighted by atomic mass is 32.2. The first-order chi connectivity index (χ1) is 20.5. The number of hydrogen-bond acceptors (Lipinski definition) is 8. The molecule has 0 unspecified atom stereocenters. The van der Waals surface area contributed by atoms with Crippen LogP contribution in [-0.2, 0) is 16.6 Å². The Hall–Kier alpha value is -3.87. The van der Waals surface area contributed by atoms with Crippen LogP contribution in [0.4, 0.5) is 11.8 Å². The molecule has 0 radical (unpaired) electrons. The largest absolute Gasteiger partial charge is 0.368 e. The van der Waals surface area contributed by atoms with E-state index in [-0.39, 0.29) is 16.4 Å². The lowest BCUT2D eigenvalue weighted by molar-refractivity contribution is 0.102. The number of benzene rings is 2. The summed E-state index contributed by atoms with van der Waals surface area (Å²) in [4.78, 5) is 29.8. The Kier molecular flexibility index (Phi) is 8.45. The second-order valence-electron chi connectivity index (χ2n) is 10.8. The van der Waals surface area contributed by atoms with Crippen LogP contribution >= 0.6 is 0 Å². The third kappa shape index (κ3) is 6.30. The van der Waals surface area contributed by atoms with Gasteiger partial charge in [0, 0.05) is 25.2 Å². The van der Waals surface area contributed by atoms with Crippen LogP contribution in [-0.4, -0.2) is 82.3 Å². The predicted octanol–water partition coefficient (Wildman–Crippen LogP) is 3.81. The van der Waals surface area contributed by atoms with Gasteiger partial charge in [-0.25, -0.2) is 13.4 Å². The maximum absolute atomic E-state index is 13.3. The lowest BCUT2D eigenvalue weighted by Crippen LogP contribution is -2.28. The van der Waals surface area contributed by atoms with Crippen molar-refractivity contribution in [3.05, 3.63) is 72.1 Å². The van der Waals surface area contributed by atoms with E-state index in [0.717, 1.165) is 44.5 Å². The fourth-order valence-electron chi connectivity index (χ4n) is 5.58. The third-order valence-corrected chi connectivity index (χ3v) is 9.72. The molecule has 2 aromatic heterocycles. The van der Waals surface area contributed by atoms with Gasteiger partial charge >= 0.3 is 0 Å². The van der Waals surface area contributed by atoms with Gasteiger partial charge in [-0.1, -0.05) is 36.4 Å². The fraction of sp³-hybridized carbons (Fsp3) is 0.400. The van der Waals surface area contributed by atoms with E-state index in [1.54, 1.807) is 18.5 Å². The van der Waals surface area contributed by atoms with Crippen molar-refractivity contribution in [1.29, 1.82) is 0 Å². The second kappa shape index (κ2) is 12.6. The van der Waals surface area contributed by atoms with Crippen molar-refractivity contribution in [2.75, 3.05) is 49.9 Å². The van der Waals surface area contributed by atoms with E-state index in [9.17, 15) is 13.2 Å². The Bertz CT molecular complexity index is 1650. The number of nitrogens with zero attached hydrogens (tertiary/aromatic N) is 6. The maximum atomic E-state index is 13.3. The van der Waals surface area contributed by atoms with E-state index in [1.807, 2.05) is 34.9 Å². The van der Waals surface area contributed by atoms with Crippen LogP contribution in [0.15, 0.2) is 65.8 Å². The van der Waals surface area contributed by atoms with E-state index in [1.165, 1.54) is 29.3 Å². The number of carbonyl (C=O) groups is 1. The van der Waals surface area contributed by atoms with E-state index < -0.39 is 15.9 Å². The molecule has 2 aromatic carbocycles. The minimum Gasteiger partial charge on any atom is -0.368 e. The molecule has 2 N–H and O–H groups in total. The van der Waals surface area contributed by atoms with Gasteiger partial charge in [-0.15, -0.1) is 0 Å². The first-order valence-electron chi connectivity index (χ1n) is 14.6. The molecule has 2 fully saturated rings. The van der Waals surface area contributed by atoms with Crippen molar-refractivity contribution in [1.82, 2.24) is 28.7 Å². The van der Waals surface area contributed by atoms with E-state index in [4.69, 9.17) is 0 Å². The van der Waals surface area contributed by atoms with Crippen molar-refractivity contribution in [3.8, 4) is 0 Å².